The van der Waals surface area contributed by atoms with E-state index in [9.17, 15) is 5.11 Å². The average Bonchev–Trinajstić information content (AvgIpc) is 3.08. The Morgan fingerprint density at radius 2 is 2.14 bits per heavy atom. The highest BCUT2D eigenvalue weighted by Crippen LogP contribution is 2.33. The zero-order valence-electron chi connectivity index (χ0n) is 12.1. The van der Waals surface area contributed by atoms with E-state index in [2.05, 4.69) is 29.2 Å². The highest BCUT2D eigenvalue weighted by atomic mass is 32.1. The van der Waals surface area contributed by atoms with Gasteiger partial charge in [0.2, 0.25) is 0 Å². The Labute approximate surface area is 129 Å². The van der Waals surface area contributed by atoms with Crippen LogP contribution >= 0.6 is 11.3 Å². The molecule has 0 bridgehead atoms. The van der Waals surface area contributed by atoms with Gasteiger partial charge in [0.1, 0.15) is 5.01 Å². The zero-order valence-corrected chi connectivity index (χ0v) is 12.9. The van der Waals surface area contributed by atoms with Crippen LogP contribution in [0.1, 0.15) is 39.2 Å². The van der Waals surface area contributed by atoms with E-state index in [1.165, 1.54) is 39.5 Å². The first-order valence-corrected chi connectivity index (χ1v) is 8.57. The summed E-state index contributed by atoms with van der Waals surface area (Å²) in [6, 6.07) is 8.63. The Kier molecular flexibility index (Phi) is 3.53. The van der Waals surface area contributed by atoms with E-state index in [1.54, 1.807) is 0 Å². The van der Waals surface area contributed by atoms with Crippen molar-refractivity contribution in [1.82, 2.24) is 9.88 Å². The van der Waals surface area contributed by atoms with Gasteiger partial charge in [-0.2, -0.15) is 0 Å². The van der Waals surface area contributed by atoms with Gasteiger partial charge in [-0.3, -0.25) is 4.90 Å². The van der Waals surface area contributed by atoms with Crippen LogP contribution in [0.4, 0.5) is 0 Å². The summed E-state index contributed by atoms with van der Waals surface area (Å²) in [7, 11) is 0. The van der Waals surface area contributed by atoms with Crippen LogP contribution in [0.2, 0.25) is 0 Å². The molecule has 1 N–H and O–H groups in total. The van der Waals surface area contributed by atoms with Crippen molar-refractivity contribution in [2.75, 3.05) is 13.2 Å². The molecule has 0 spiro atoms. The molecule has 1 aliphatic carbocycles. The lowest BCUT2D eigenvalue weighted by molar-refractivity contribution is 0.108. The molecule has 0 amide bonds. The largest absolute Gasteiger partial charge is 0.394 e. The Hall–Kier alpha value is -1.23. The van der Waals surface area contributed by atoms with Crippen molar-refractivity contribution < 1.29 is 5.11 Å². The summed E-state index contributed by atoms with van der Waals surface area (Å²) in [5.41, 5.74) is 4.00. The third-order valence-electron chi connectivity index (χ3n) is 4.67. The molecule has 3 nitrogen and oxygen atoms in total. The maximum Gasteiger partial charge on any atom is 0.107 e. The Bertz CT molecular complexity index is 630. The summed E-state index contributed by atoms with van der Waals surface area (Å²) in [6.45, 7) is 2.06. The van der Waals surface area contributed by atoms with Crippen LogP contribution in [0, 0.1) is 0 Å². The van der Waals surface area contributed by atoms with Gasteiger partial charge in [-0.25, -0.2) is 4.98 Å². The van der Waals surface area contributed by atoms with Gasteiger partial charge in [0.25, 0.3) is 0 Å². The summed E-state index contributed by atoms with van der Waals surface area (Å²) in [5, 5.41) is 11.1. The molecule has 0 saturated carbocycles. The predicted molar refractivity (Wildman–Crippen MR) is 84.5 cm³/mol. The number of aryl methyl sites for hydroxylation is 2. The van der Waals surface area contributed by atoms with Gasteiger partial charge >= 0.3 is 0 Å². The quantitative estimate of drug-likeness (QED) is 0.947. The maximum atomic E-state index is 9.84. The third kappa shape index (κ3) is 2.41. The number of rotatable bonds is 3. The van der Waals surface area contributed by atoms with Crippen LogP contribution in [-0.4, -0.2) is 28.1 Å². The van der Waals surface area contributed by atoms with Crippen molar-refractivity contribution in [1.29, 1.82) is 0 Å². The van der Waals surface area contributed by atoms with E-state index < -0.39 is 0 Å². The second kappa shape index (κ2) is 5.52. The van der Waals surface area contributed by atoms with E-state index in [1.807, 2.05) is 11.3 Å². The van der Waals surface area contributed by atoms with E-state index in [-0.39, 0.29) is 12.6 Å². The minimum Gasteiger partial charge on any atom is -0.394 e. The number of aliphatic hydroxyl groups excluding tert-OH is 1. The molecule has 2 aromatic rings. The highest BCUT2D eigenvalue weighted by molar-refractivity contribution is 7.11. The van der Waals surface area contributed by atoms with Crippen molar-refractivity contribution in [3.05, 3.63) is 51.0 Å². The SMILES string of the molecule is OCC1c2ccccc2CCN1Cc1nc2c(s1)CCC2. The van der Waals surface area contributed by atoms with Crippen LogP contribution in [0.25, 0.3) is 0 Å². The number of fused-ring (bicyclic) bond motifs is 2. The molecule has 4 heteroatoms. The van der Waals surface area contributed by atoms with Crippen LogP contribution in [-0.2, 0) is 25.8 Å². The lowest BCUT2D eigenvalue weighted by atomic mass is 9.93. The van der Waals surface area contributed by atoms with E-state index in [0.717, 1.165) is 25.9 Å². The van der Waals surface area contributed by atoms with E-state index in [4.69, 9.17) is 4.98 Å². The Morgan fingerprint density at radius 3 is 3.00 bits per heavy atom. The zero-order chi connectivity index (χ0) is 14.2. The van der Waals surface area contributed by atoms with Crippen LogP contribution in [0.15, 0.2) is 24.3 Å². The standard InChI is InChI=1S/C17H20N2OS/c20-11-15-13-5-2-1-4-12(13)8-9-19(15)10-17-18-14-6-3-7-16(14)21-17/h1-2,4-5,15,20H,3,6-11H2. The lowest BCUT2D eigenvalue weighted by Crippen LogP contribution is -2.36. The fourth-order valence-corrected chi connectivity index (χ4v) is 4.77. The first-order valence-electron chi connectivity index (χ1n) is 7.75. The van der Waals surface area contributed by atoms with Gasteiger partial charge in [0.05, 0.1) is 24.9 Å². The van der Waals surface area contributed by atoms with Gasteiger partial charge in [-0.05, 0) is 36.8 Å². The number of thiazole rings is 1. The van der Waals surface area contributed by atoms with Gasteiger partial charge in [-0.1, -0.05) is 24.3 Å². The van der Waals surface area contributed by atoms with Crippen molar-refractivity contribution in [2.24, 2.45) is 0 Å². The van der Waals surface area contributed by atoms with Gasteiger partial charge in [0.15, 0.2) is 0 Å². The van der Waals surface area contributed by atoms with Crippen molar-refractivity contribution in [3.8, 4) is 0 Å². The highest BCUT2D eigenvalue weighted by Gasteiger charge is 2.28. The normalized spacial score (nSPS) is 21.3. The third-order valence-corrected chi connectivity index (χ3v) is 5.82. The second-order valence-electron chi connectivity index (χ2n) is 5.95. The lowest BCUT2D eigenvalue weighted by Gasteiger charge is -2.35. The fraction of sp³-hybridized carbons (Fsp3) is 0.471. The molecule has 1 unspecified atom stereocenters. The number of nitrogens with zero attached hydrogens (tertiary/aromatic N) is 2. The molecule has 4 rings (SSSR count). The molecule has 21 heavy (non-hydrogen) atoms. The number of hydrogen-bond donors (Lipinski definition) is 1. The monoisotopic (exact) mass is 300 g/mol. The summed E-state index contributed by atoms with van der Waals surface area (Å²) >= 11 is 1.88. The molecule has 2 aliphatic rings. The topological polar surface area (TPSA) is 36.4 Å². The number of aromatic nitrogens is 1. The number of benzene rings is 1. The molecule has 0 saturated heterocycles. The van der Waals surface area contributed by atoms with Gasteiger partial charge < -0.3 is 5.11 Å². The maximum absolute atomic E-state index is 9.84. The molecule has 1 aromatic carbocycles. The summed E-state index contributed by atoms with van der Waals surface area (Å²) in [4.78, 5) is 8.68. The fourth-order valence-electron chi connectivity index (χ4n) is 3.59. The first-order chi connectivity index (χ1) is 10.3. The smallest absolute Gasteiger partial charge is 0.107 e. The minimum atomic E-state index is 0.119. The van der Waals surface area contributed by atoms with Crippen LogP contribution < -0.4 is 0 Å². The van der Waals surface area contributed by atoms with E-state index >= 15 is 0 Å². The van der Waals surface area contributed by atoms with Crippen molar-refractivity contribution in [3.63, 3.8) is 0 Å². The molecule has 0 radical (unpaired) electrons. The second-order valence-corrected chi connectivity index (χ2v) is 7.12. The average molecular weight is 300 g/mol. The predicted octanol–water partition coefficient (Wildman–Crippen LogP) is 2.72. The Morgan fingerprint density at radius 1 is 1.24 bits per heavy atom. The summed E-state index contributed by atoms with van der Waals surface area (Å²) in [5.74, 6) is 0. The molecule has 1 aliphatic heterocycles. The molecule has 0 fully saturated rings. The number of hydrogen-bond acceptors (Lipinski definition) is 4. The molecular weight excluding hydrogens is 280 g/mol. The van der Waals surface area contributed by atoms with Crippen molar-refractivity contribution >= 4 is 11.3 Å². The molecular formula is C17H20N2OS. The number of aliphatic hydroxyl groups is 1. The molecule has 110 valence electrons. The van der Waals surface area contributed by atoms with Crippen LogP contribution in [0.3, 0.4) is 0 Å². The molecule has 2 heterocycles. The summed E-state index contributed by atoms with van der Waals surface area (Å²) in [6.07, 6.45) is 4.69. The van der Waals surface area contributed by atoms with Gasteiger partial charge in [-0.15, -0.1) is 11.3 Å². The molecule has 1 aromatic heterocycles. The minimum absolute atomic E-state index is 0.119. The van der Waals surface area contributed by atoms with E-state index in [0.29, 0.717) is 0 Å². The summed E-state index contributed by atoms with van der Waals surface area (Å²) < 4.78 is 0. The van der Waals surface area contributed by atoms with Gasteiger partial charge in [0, 0.05) is 11.4 Å². The van der Waals surface area contributed by atoms with Crippen LogP contribution in [0.5, 0.6) is 0 Å². The molecule has 1 atom stereocenters. The Balaban J connectivity index is 1.57. The van der Waals surface area contributed by atoms with Crippen molar-refractivity contribution in [2.45, 2.75) is 38.3 Å². The first kappa shape index (κ1) is 13.4.